The number of aromatic nitrogens is 1. The van der Waals surface area contributed by atoms with Gasteiger partial charge in [0.25, 0.3) is 0 Å². The van der Waals surface area contributed by atoms with Gasteiger partial charge < -0.3 is 14.8 Å². The van der Waals surface area contributed by atoms with Gasteiger partial charge in [-0.3, -0.25) is 0 Å². The van der Waals surface area contributed by atoms with Crippen molar-refractivity contribution in [1.29, 1.82) is 0 Å². The lowest BCUT2D eigenvalue weighted by Gasteiger charge is -2.08. The SMILES string of the molecule is OCc1cc2c(Oc3ccccc3)c(Cl)ccc2[nH]1. The van der Waals surface area contributed by atoms with E-state index in [1.54, 1.807) is 6.07 Å². The zero-order valence-corrected chi connectivity index (χ0v) is 10.8. The number of para-hydroxylation sites is 1. The predicted octanol–water partition coefficient (Wildman–Crippen LogP) is 4.11. The second-order valence-corrected chi connectivity index (χ2v) is 4.61. The molecule has 0 atom stereocenters. The highest BCUT2D eigenvalue weighted by atomic mass is 35.5. The molecule has 2 N–H and O–H groups in total. The van der Waals surface area contributed by atoms with Crippen molar-refractivity contribution in [2.45, 2.75) is 6.61 Å². The Morgan fingerprint density at radius 3 is 2.63 bits per heavy atom. The molecule has 0 amide bonds. The Labute approximate surface area is 115 Å². The number of rotatable bonds is 3. The van der Waals surface area contributed by atoms with Gasteiger partial charge in [-0.2, -0.15) is 0 Å². The number of H-pyrrole nitrogens is 1. The van der Waals surface area contributed by atoms with Crippen LogP contribution in [0.2, 0.25) is 5.02 Å². The first-order valence-electron chi connectivity index (χ1n) is 5.92. The third kappa shape index (κ3) is 2.30. The van der Waals surface area contributed by atoms with Crippen LogP contribution in [0, 0.1) is 0 Å². The van der Waals surface area contributed by atoms with Crippen molar-refractivity contribution in [3.8, 4) is 11.5 Å². The van der Waals surface area contributed by atoms with Crippen molar-refractivity contribution in [3.63, 3.8) is 0 Å². The first-order chi connectivity index (χ1) is 9.28. The number of aromatic amines is 1. The zero-order valence-electron chi connectivity index (χ0n) is 10.1. The van der Waals surface area contributed by atoms with E-state index in [0.29, 0.717) is 10.8 Å². The number of aliphatic hydroxyl groups excluding tert-OH is 1. The Balaban J connectivity index is 2.11. The van der Waals surface area contributed by atoms with Crippen LogP contribution in [-0.2, 0) is 6.61 Å². The minimum absolute atomic E-state index is 0.0446. The maximum atomic E-state index is 9.18. The van der Waals surface area contributed by atoms with Gasteiger partial charge in [0.05, 0.1) is 11.6 Å². The number of halogens is 1. The van der Waals surface area contributed by atoms with Crippen molar-refractivity contribution in [2.24, 2.45) is 0 Å². The predicted molar refractivity (Wildman–Crippen MR) is 75.7 cm³/mol. The largest absolute Gasteiger partial charge is 0.455 e. The molecule has 19 heavy (non-hydrogen) atoms. The third-order valence-electron chi connectivity index (χ3n) is 2.90. The summed E-state index contributed by atoms with van der Waals surface area (Å²) in [6, 6.07) is 15.0. The zero-order chi connectivity index (χ0) is 13.2. The summed E-state index contributed by atoms with van der Waals surface area (Å²) in [5.41, 5.74) is 1.62. The molecule has 0 unspecified atom stereocenters. The second-order valence-electron chi connectivity index (χ2n) is 4.21. The number of hydrogen-bond donors (Lipinski definition) is 2. The van der Waals surface area contributed by atoms with Crippen molar-refractivity contribution in [1.82, 2.24) is 4.98 Å². The van der Waals surface area contributed by atoms with Gasteiger partial charge in [-0.15, -0.1) is 0 Å². The number of hydrogen-bond acceptors (Lipinski definition) is 2. The molecular weight excluding hydrogens is 262 g/mol. The summed E-state index contributed by atoms with van der Waals surface area (Å²) in [5.74, 6) is 1.32. The van der Waals surface area contributed by atoms with Gasteiger partial charge in [-0.05, 0) is 30.3 Å². The fourth-order valence-electron chi connectivity index (χ4n) is 2.00. The molecule has 0 saturated carbocycles. The Hall–Kier alpha value is -1.97. The highest BCUT2D eigenvalue weighted by Crippen LogP contribution is 2.37. The summed E-state index contributed by atoms with van der Waals surface area (Å²) in [5, 5.41) is 10.6. The lowest BCUT2D eigenvalue weighted by Crippen LogP contribution is -1.85. The molecule has 0 fully saturated rings. The number of nitrogens with one attached hydrogen (secondary N) is 1. The number of ether oxygens (including phenoxy) is 1. The molecule has 3 rings (SSSR count). The molecule has 2 aromatic carbocycles. The number of fused-ring (bicyclic) bond motifs is 1. The van der Waals surface area contributed by atoms with E-state index in [2.05, 4.69) is 4.98 Å². The molecule has 1 heterocycles. The van der Waals surface area contributed by atoms with Gasteiger partial charge in [0, 0.05) is 16.6 Å². The van der Waals surface area contributed by atoms with E-state index in [1.165, 1.54) is 0 Å². The molecule has 0 aliphatic rings. The monoisotopic (exact) mass is 273 g/mol. The molecular formula is C15H12ClNO2. The van der Waals surface area contributed by atoms with Gasteiger partial charge in [0.15, 0.2) is 5.75 Å². The van der Waals surface area contributed by atoms with E-state index < -0.39 is 0 Å². The molecule has 0 aliphatic carbocycles. The van der Waals surface area contributed by atoms with E-state index in [0.717, 1.165) is 22.3 Å². The average Bonchev–Trinajstić information content (AvgIpc) is 2.87. The van der Waals surface area contributed by atoms with E-state index in [-0.39, 0.29) is 6.61 Å². The van der Waals surface area contributed by atoms with Gasteiger partial charge >= 0.3 is 0 Å². The van der Waals surface area contributed by atoms with E-state index in [4.69, 9.17) is 16.3 Å². The summed E-state index contributed by atoms with van der Waals surface area (Å²) in [4.78, 5) is 3.11. The van der Waals surface area contributed by atoms with E-state index in [9.17, 15) is 5.11 Å². The van der Waals surface area contributed by atoms with Crippen molar-refractivity contribution in [2.75, 3.05) is 0 Å². The van der Waals surface area contributed by atoms with Crippen LogP contribution in [0.25, 0.3) is 10.9 Å². The third-order valence-corrected chi connectivity index (χ3v) is 3.19. The normalized spacial score (nSPS) is 10.8. The standard InChI is InChI=1S/C15H12ClNO2/c16-13-6-7-14-12(8-10(9-18)17-14)15(13)19-11-4-2-1-3-5-11/h1-8,17-18H,9H2. The molecule has 0 saturated heterocycles. The number of aliphatic hydroxyl groups is 1. The van der Waals surface area contributed by atoms with Crippen LogP contribution < -0.4 is 4.74 Å². The van der Waals surface area contributed by atoms with Gasteiger partial charge in [0.1, 0.15) is 5.75 Å². The average molecular weight is 274 g/mol. The smallest absolute Gasteiger partial charge is 0.155 e. The molecule has 3 aromatic rings. The first-order valence-corrected chi connectivity index (χ1v) is 6.29. The summed E-state index contributed by atoms with van der Waals surface area (Å²) < 4.78 is 5.85. The molecule has 3 nitrogen and oxygen atoms in total. The fraction of sp³-hybridized carbons (Fsp3) is 0.0667. The van der Waals surface area contributed by atoms with Crippen LogP contribution in [0.1, 0.15) is 5.69 Å². The Bertz CT molecular complexity index is 707. The van der Waals surface area contributed by atoms with Crippen molar-refractivity contribution < 1.29 is 9.84 Å². The van der Waals surface area contributed by atoms with Gasteiger partial charge in [0.2, 0.25) is 0 Å². The quantitative estimate of drug-likeness (QED) is 0.754. The van der Waals surface area contributed by atoms with Crippen molar-refractivity contribution >= 4 is 22.5 Å². The van der Waals surface area contributed by atoms with Crippen LogP contribution in [-0.4, -0.2) is 10.1 Å². The lowest BCUT2D eigenvalue weighted by molar-refractivity contribution is 0.278. The Morgan fingerprint density at radius 1 is 1.11 bits per heavy atom. The Morgan fingerprint density at radius 2 is 1.89 bits per heavy atom. The summed E-state index contributed by atoms with van der Waals surface area (Å²) >= 11 is 6.20. The molecule has 0 spiro atoms. The highest BCUT2D eigenvalue weighted by Gasteiger charge is 2.11. The van der Waals surface area contributed by atoms with Crippen LogP contribution in [0.5, 0.6) is 11.5 Å². The second kappa shape index (κ2) is 4.96. The van der Waals surface area contributed by atoms with E-state index >= 15 is 0 Å². The van der Waals surface area contributed by atoms with Gasteiger partial charge in [-0.1, -0.05) is 29.8 Å². The Kier molecular flexibility index (Phi) is 3.15. The number of benzene rings is 2. The molecule has 0 aliphatic heterocycles. The van der Waals surface area contributed by atoms with Gasteiger partial charge in [-0.25, -0.2) is 0 Å². The first kappa shape index (κ1) is 12.1. The molecule has 0 bridgehead atoms. The molecule has 4 heteroatoms. The fourth-order valence-corrected chi connectivity index (χ4v) is 2.21. The van der Waals surface area contributed by atoms with Crippen LogP contribution >= 0.6 is 11.6 Å². The highest BCUT2D eigenvalue weighted by molar-refractivity contribution is 6.33. The van der Waals surface area contributed by atoms with Crippen LogP contribution in [0.3, 0.4) is 0 Å². The van der Waals surface area contributed by atoms with Crippen LogP contribution in [0.4, 0.5) is 0 Å². The van der Waals surface area contributed by atoms with Crippen LogP contribution in [0.15, 0.2) is 48.5 Å². The van der Waals surface area contributed by atoms with E-state index in [1.807, 2.05) is 42.5 Å². The van der Waals surface area contributed by atoms with Crippen molar-refractivity contribution in [3.05, 3.63) is 59.2 Å². The molecule has 1 aromatic heterocycles. The molecule has 96 valence electrons. The minimum atomic E-state index is -0.0446. The molecule has 0 radical (unpaired) electrons. The summed E-state index contributed by atoms with van der Waals surface area (Å²) in [7, 11) is 0. The minimum Gasteiger partial charge on any atom is -0.455 e. The topological polar surface area (TPSA) is 45.2 Å². The summed E-state index contributed by atoms with van der Waals surface area (Å²) in [6.07, 6.45) is 0. The maximum absolute atomic E-state index is 9.18. The maximum Gasteiger partial charge on any atom is 0.155 e. The lowest BCUT2D eigenvalue weighted by atomic mass is 10.2. The summed E-state index contributed by atoms with van der Waals surface area (Å²) in [6.45, 7) is -0.0446.